The smallest absolute Gasteiger partial charge is 0.0483 e. The van der Waals surface area contributed by atoms with E-state index in [9.17, 15) is 0 Å². The predicted octanol–water partition coefficient (Wildman–Crippen LogP) is 2.86. The predicted molar refractivity (Wildman–Crippen MR) is 60.5 cm³/mol. The van der Waals surface area contributed by atoms with Gasteiger partial charge in [-0.15, -0.1) is 11.2 Å². The molecule has 0 aliphatic carbocycles. The second-order valence-electron chi connectivity index (χ2n) is 3.42. The summed E-state index contributed by atoms with van der Waals surface area (Å²) in [5.41, 5.74) is 2.89. The van der Waals surface area contributed by atoms with Gasteiger partial charge in [0.2, 0.25) is 0 Å². The average molecular weight is 385 g/mol. The van der Waals surface area contributed by atoms with Crippen molar-refractivity contribution in [3.05, 3.63) is 54.7 Å². The van der Waals surface area contributed by atoms with Gasteiger partial charge in [-0.2, -0.15) is 0 Å². The summed E-state index contributed by atoms with van der Waals surface area (Å²) in [4.78, 5) is 8.80. The van der Waals surface area contributed by atoms with Crippen molar-refractivity contribution < 1.29 is 20.1 Å². The Balaban J connectivity index is 0.000000963. The zero-order valence-corrected chi connectivity index (χ0v) is 10.8. The van der Waals surface area contributed by atoms with Crippen LogP contribution in [-0.4, -0.2) is 4.98 Å². The fourth-order valence-corrected chi connectivity index (χ4v) is 1.67. The maximum Gasteiger partial charge on any atom is 0.0483 e. The van der Waals surface area contributed by atoms with Gasteiger partial charge in [0.1, 0.15) is 0 Å². The monoisotopic (exact) mass is 386 g/mol. The van der Waals surface area contributed by atoms with Gasteiger partial charge >= 0.3 is 0 Å². The minimum Gasteiger partial charge on any atom is -0.656 e. The Bertz CT molecular complexity index is 554. The van der Waals surface area contributed by atoms with Gasteiger partial charge in [0.25, 0.3) is 0 Å². The van der Waals surface area contributed by atoms with E-state index in [1.165, 1.54) is 0 Å². The molecular formula is C13H9IrN2-. The van der Waals surface area contributed by atoms with Crippen LogP contribution < -0.4 is 4.98 Å². The van der Waals surface area contributed by atoms with E-state index in [2.05, 4.69) is 22.1 Å². The summed E-state index contributed by atoms with van der Waals surface area (Å²) in [6.07, 6.45) is 1.79. The average Bonchev–Trinajstić information content (AvgIpc) is 2.74. The van der Waals surface area contributed by atoms with Gasteiger partial charge in [-0.1, -0.05) is 36.4 Å². The van der Waals surface area contributed by atoms with Crippen molar-refractivity contribution in [1.29, 1.82) is 0 Å². The van der Waals surface area contributed by atoms with E-state index in [1.807, 2.05) is 36.4 Å². The van der Waals surface area contributed by atoms with Crippen LogP contribution >= 0.6 is 0 Å². The Morgan fingerprint density at radius 1 is 0.938 bits per heavy atom. The molecule has 1 aromatic carbocycles. The molecule has 2 nitrogen and oxygen atoms in total. The third-order valence-corrected chi connectivity index (χ3v) is 2.40. The Morgan fingerprint density at radius 2 is 1.75 bits per heavy atom. The van der Waals surface area contributed by atoms with Crippen molar-refractivity contribution >= 4 is 10.9 Å². The summed E-state index contributed by atoms with van der Waals surface area (Å²) in [5.74, 6) is 0. The third kappa shape index (κ3) is 1.92. The maximum atomic E-state index is 4.52. The van der Waals surface area contributed by atoms with Crippen LogP contribution in [0.5, 0.6) is 0 Å². The molecule has 81 valence electrons. The second kappa shape index (κ2) is 4.60. The molecule has 0 unspecified atom stereocenters. The van der Waals surface area contributed by atoms with Crippen molar-refractivity contribution in [3.63, 3.8) is 0 Å². The van der Waals surface area contributed by atoms with Crippen LogP contribution in [0.1, 0.15) is 0 Å². The molecule has 0 spiro atoms. The molecule has 2 heterocycles. The fraction of sp³-hybridized carbons (Fsp3) is 0. The first-order chi connectivity index (χ1) is 7.43. The van der Waals surface area contributed by atoms with Gasteiger partial charge in [0.15, 0.2) is 0 Å². The van der Waals surface area contributed by atoms with Gasteiger partial charge in [-0.05, 0) is 17.5 Å². The van der Waals surface area contributed by atoms with Crippen LogP contribution in [0.2, 0.25) is 0 Å². The molecule has 0 saturated heterocycles. The number of para-hydroxylation sites is 1. The molecule has 2 aromatic heterocycles. The fourth-order valence-electron chi connectivity index (χ4n) is 1.67. The topological polar surface area (TPSA) is 27.0 Å². The maximum absolute atomic E-state index is 4.52. The van der Waals surface area contributed by atoms with E-state index in [0.29, 0.717) is 0 Å². The number of pyridine rings is 1. The van der Waals surface area contributed by atoms with Crippen molar-refractivity contribution in [2.75, 3.05) is 0 Å². The first-order valence-electron chi connectivity index (χ1n) is 4.87. The Kier molecular flexibility index (Phi) is 3.18. The van der Waals surface area contributed by atoms with Crippen molar-refractivity contribution in [2.45, 2.75) is 0 Å². The molecule has 0 fully saturated rings. The van der Waals surface area contributed by atoms with E-state index in [1.54, 1.807) is 6.20 Å². The minimum absolute atomic E-state index is 0. The van der Waals surface area contributed by atoms with Crippen LogP contribution in [0.15, 0.2) is 54.7 Å². The number of benzene rings is 1. The quantitative estimate of drug-likeness (QED) is 0.644. The summed E-state index contributed by atoms with van der Waals surface area (Å²) in [6.45, 7) is 0. The first kappa shape index (κ1) is 11.1. The summed E-state index contributed by atoms with van der Waals surface area (Å²) >= 11 is 0. The summed E-state index contributed by atoms with van der Waals surface area (Å²) in [6, 6.07) is 16.0. The Morgan fingerprint density at radius 3 is 2.50 bits per heavy atom. The molecule has 0 atom stereocenters. The molecule has 3 heteroatoms. The van der Waals surface area contributed by atoms with Gasteiger partial charge in [-0.25, -0.2) is 0 Å². The normalized spacial score (nSPS) is 10.0. The summed E-state index contributed by atoms with van der Waals surface area (Å²) in [7, 11) is 0. The molecule has 0 aliphatic rings. The molecule has 0 amide bonds. The van der Waals surface area contributed by atoms with Crippen LogP contribution in [0.4, 0.5) is 0 Å². The first-order valence-corrected chi connectivity index (χ1v) is 4.87. The number of hydrogen-bond acceptors (Lipinski definition) is 1. The van der Waals surface area contributed by atoms with Crippen LogP contribution in [0.25, 0.3) is 22.3 Å². The molecule has 0 aliphatic heterocycles. The number of rotatable bonds is 1. The Labute approximate surface area is 107 Å². The standard InChI is InChI=1S/C13H9N2.Ir/c1-2-6-11-10(5-1)9-13(15-11)12-7-3-4-8-14-12;/h1-9H;/q-1;. The van der Waals surface area contributed by atoms with Gasteiger partial charge in [-0.3, -0.25) is 4.98 Å². The molecule has 0 saturated carbocycles. The third-order valence-electron chi connectivity index (χ3n) is 2.40. The zero-order valence-electron chi connectivity index (χ0n) is 8.42. The molecule has 3 aromatic rings. The summed E-state index contributed by atoms with van der Waals surface area (Å²) < 4.78 is 0. The van der Waals surface area contributed by atoms with Crippen LogP contribution in [0.3, 0.4) is 0 Å². The Hall–Kier alpha value is -1.44. The van der Waals surface area contributed by atoms with Gasteiger partial charge in [0.05, 0.1) is 0 Å². The number of aromatic nitrogens is 2. The van der Waals surface area contributed by atoms with Crippen molar-refractivity contribution in [3.8, 4) is 11.4 Å². The van der Waals surface area contributed by atoms with Crippen molar-refractivity contribution in [1.82, 2.24) is 9.97 Å². The number of fused-ring (bicyclic) bond motifs is 1. The molecule has 0 N–H and O–H groups in total. The number of hydrogen-bond donors (Lipinski definition) is 0. The molecular weight excluding hydrogens is 376 g/mol. The van der Waals surface area contributed by atoms with E-state index in [0.717, 1.165) is 22.3 Å². The number of nitrogens with zero attached hydrogens (tertiary/aromatic N) is 2. The second-order valence-corrected chi connectivity index (χ2v) is 3.42. The summed E-state index contributed by atoms with van der Waals surface area (Å²) in [5, 5.41) is 1.16. The van der Waals surface area contributed by atoms with E-state index in [4.69, 9.17) is 0 Å². The molecule has 16 heavy (non-hydrogen) atoms. The van der Waals surface area contributed by atoms with Crippen LogP contribution in [0, 0.1) is 0 Å². The zero-order chi connectivity index (χ0) is 10.1. The molecule has 0 bridgehead atoms. The van der Waals surface area contributed by atoms with Crippen LogP contribution in [-0.2, 0) is 20.1 Å². The van der Waals surface area contributed by atoms with E-state index >= 15 is 0 Å². The van der Waals surface area contributed by atoms with E-state index in [-0.39, 0.29) is 20.1 Å². The van der Waals surface area contributed by atoms with Gasteiger partial charge < -0.3 is 4.98 Å². The molecule has 1 radical (unpaired) electrons. The van der Waals surface area contributed by atoms with Crippen molar-refractivity contribution in [2.24, 2.45) is 0 Å². The van der Waals surface area contributed by atoms with E-state index < -0.39 is 0 Å². The van der Waals surface area contributed by atoms with Gasteiger partial charge in [0, 0.05) is 32.0 Å². The molecule has 3 rings (SSSR count). The SMILES string of the molecule is [Ir].c1ccc(-c2cc3ccccc3[n-]2)nc1. The minimum atomic E-state index is 0. The largest absolute Gasteiger partial charge is 0.656 e.